The van der Waals surface area contributed by atoms with E-state index in [1.165, 1.54) is 16.9 Å². The van der Waals surface area contributed by atoms with Gasteiger partial charge in [0.2, 0.25) is 0 Å². The first-order chi connectivity index (χ1) is 15.6. The molecule has 0 unspecified atom stereocenters. The van der Waals surface area contributed by atoms with Crippen LogP contribution in [0.15, 0.2) is 24.7 Å². The molecule has 0 N–H and O–H groups in total. The molecule has 33 heavy (non-hydrogen) atoms. The molecule has 1 spiro atoms. The van der Waals surface area contributed by atoms with Gasteiger partial charge >= 0.3 is 6.18 Å². The average Bonchev–Trinajstić information content (AvgIpc) is 3.35. The van der Waals surface area contributed by atoms with Crippen LogP contribution in [0.25, 0.3) is 16.9 Å². The van der Waals surface area contributed by atoms with Gasteiger partial charge < -0.3 is 9.64 Å². The van der Waals surface area contributed by atoms with Gasteiger partial charge in [-0.15, -0.1) is 11.8 Å². The van der Waals surface area contributed by atoms with Gasteiger partial charge in [0.1, 0.15) is 16.3 Å². The van der Waals surface area contributed by atoms with Gasteiger partial charge in [0.25, 0.3) is 0 Å². The van der Waals surface area contributed by atoms with E-state index in [2.05, 4.69) is 42.1 Å². The first kappa shape index (κ1) is 22.9. The van der Waals surface area contributed by atoms with Crippen molar-refractivity contribution in [2.45, 2.75) is 41.7 Å². The van der Waals surface area contributed by atoms with Crippen molar-refractivity contribution >= 4 is 50.6 Å². The second kappa shape index (κ2) is 8.10. The lowest BCUT2D eigenvalue weighted by molar-refractivity contribution is -0.141. The molecule has 5 rings (SSSR count). The van der Waals surface area contributed by atoms with Crippen molar-refractivity contribution < 1.29 is 17.9 Å². The van der Waals surface area contributed by atoms with E-state index in [0.717, 1.165) is 44.8 Å². The molecule has 13 heteroatoms. The van der Waals surface area contributed by atoms with Crippen LogP contribution in [0.1, 0.15) is 25.5 Å². The molecular weight excluding hydrogens is 493 g/mol. The van der Waals surface area contributed by atoms with Crippen LogP contribution < -0.4 is 4.90 Å². The van der Waals surface area contributed by atoms with Crippen LogP contribution in [0, 0.1) is 0 Å². The van der Waals surface area contributed by atoms with Gasteiger partial charge in [0.15, 0.2) is 11.3 Å². The van der Waals surface area contributed by atoms with E-state index in [1.54, 1.807) is 6.20 Å². The second-order valence-corrected chi connectivity index (χ2v) is 11.0. The van der Waals surface area contributed by atoms with Crippen LogP contribution in [0.3, 0.4) is 0 Å². The third kappa shape index (κ3) is 4.11. The average molecular weight is 512 g/mol. The number of ether oxygens (including phenoxy) is 1. The summed E-state index contributed by atoms with van der Waals surface area (Å²) in [4.78, 5) is 14.4. The molecule has 1 atom stereocenters. The molecule has 2 saturated heterocycles. The summed E-state index contributed by atoms with van der Waals surface area (Å²) in [5.74, 6) is 0.709. The Hall–Kier alpha value is -1.89. The molecule has 173 valence electrons. The van der Waals surface area contributed by atoms with Gasteiger partial charge in [0.05, 0.1) is 29.7 Å². The SMILES string of the molecule is C[C@]1(C[Si])OCC2(CCN(c3cnc4c(cnn4-c4ccnc(C(F)(F)F)c4Cl)n3)CC2)S1. The van der Waals surface area contributed by atoms with Crippen molar-refractivity contribution in [2.75, 3.05) is 24.6 Å². The molecule has 7 nitrogen and oxygen atoms in total. The minimum Gasteiger partial charge on any atom is -0.364 e. The van der Waals surface area contributed by atoms with Crippen molar-refractivity contribution in [2.24, 2.45) is 0 Å². The Morgan fingerprint density at radius 3 is 2.67 bits per heavy atom. The molecule has 3 aromatic rings. The molecule has 2 fully saturated rings. The highest BCUT2D eigenvalue weighted by Crippen LogP contribution is 2.52. The maximum absolute atomic E-state index is 13.2. The Kier molecular flexibility index (Phi) is 5.62. The van der Waals surface area contributed by atoms with Gasteiger partial charge in [-0.25, -0.2) is 14.6 Å². The normalized spacial score (nSPS) is 23.0. The van der Waals surface area contributed by atoms with Crippen molar-refractivity contribution in [3.63, 3.8) is 0 Å². The molecule has 0 amide bonds. The summed E-state index contributed by atoms with van der Waals surface area (Å²) in [6.07, 6.45) is 1.40. The molecule has 0 saturated carbocycles. The number of hydrogen-bond donors (Lipinski definition) is 0. The Balaban J connectivity index is 1.38. The van der Waals surface area contributed by atoms with Gasteiger partial charge in [-0.05, 0) is 31.9 Å². The number of piperidine rings is 1. The molecule has 3 aromatic heterocycles. The lowest BCUT2D eigenvalue weighted by Crippen LogP contribution is -2.43. The lowest BCUT2D eigenvalue weighted by Gasteiger charge is -2.38. The predicted octanol–water partition coefficient (Wildman–Crippen LogP) is 4.29. The first-order valence-corrected chi connectivity index (χ1v) is 12.2. The quantitative estimate of drug-likeness (QED) is 0.486. The summed E-state index contributed by atoms with van der Waals surface area (Å²) in [6, 6.07) is 2.15. The van der Waals surface area contributed by atoms with Crippen LogP contribution in [-0.2, 0) is 10.9 Å². The Bertz CT molecular complexity index is 1200. The number of nitrogens with zero attached hydrogens (tertiary/aromatic N) is 6. The highest BCUT2D eigenvalue weighted by molar-refractivity contribution is 8.02. The first-order valence-electron chi connectivity index (χ1n) is 10.3. The van der Waals surface area contributed by atoms with E-state index in [-0.39, 0.29) is 15.4 Å². The topological polar surface area (TPSA) is 69.0 Å². The van der Waals surface area contributed by atoms with Crippen LogP contribution in [0.2, 0.25) is 11.1 Å². The van der Waals surface area contributed by atoms with Crippen LogP contribution in [0.5, 0.6) is 0 Å². The van der Waals surface area contributed by atoms with Crippen LogP contribution in [-0.4, -0.2) is 64.4 Å². The number of thioether (sulfide) groups is 1. The number of rotatable bonds is 3. The van der Waals surface area contributed by atoms with E-state index in [0.29, 0.717) is 17.0 Å². The summed E-state index contributed by atoms with van der Waals surface area (Å²) >= 11 is 7.91. The Morgan fingerprint density at radius 2 is 2.00 bits per heavy atom. The second-order valence-electron chi connectivity index (χ2n) is 8.36. The number of aromatic nitrogens is 5. The molecule has 0 bridgehead atoms. The largest absolute Gasteiger partial charge is 0.434 e. The van der Waals surface area contributed by atoms with E-state index < -0.39 is 16.9 Å². The molecule has 3 radical (unpaired) electrons. The number of anilines is 1. The highest BCUT2D eigenvalue weighted by Gasteiger charge is 2.48. The molecule has 2 aliphatic heterocycles. The van der Waals surface area contributed by atoms with E-state index >= 15 is 0 Å². The molecule has 0 aromatic carbocycles. The summed E-state index contributed by atoms with van der Waals surface area (Å²) in [6.45, 7) is 4.47. The van der Waals surface area contributed by atoms with Crippen molar-refractivity contribution in [3.05, 3.63) is 35.4 Å². The van der Waals surface area contributed by atoms with E-state index in [9.17, 15) is 13.2 Å². The Morgan fingerprint density at radius 1 is 1.24 bits per heavy atom. The van der Waals surface area contributed by atoms with Gasteiger partial charge in [0, 0.05) is 34.3 Å². The summed E-state index contributed by atoms with van der Waals surface area (Å²) in [7, 11) is 3.59. The van der Waals surface area contributed by atoms with Crippen molar-refractivity contribution in [3.8, 4) is 5.69 Å². The van der Waals surface area contributed by atoms with Gasteiger partial charge in [-0.2, -0.15) is 18.3 Å². The maximum Gasteiger partial charge on any atom is 0.434 e. The zero-order chi connectivity index (χ0) is 23.4. The zero-order valence-corrected chi connectivity index (χ0v) is 20.1. The third-order valence-corrected chi connectivity index (χ3v) is 8.98. The van der Waals surface area contributed by atoms with E-state index in [1.807, 2.05) is 11.8 Å². The van der Waals surface area contributed by atoms with E-state index in [4.69, 9.17) is 16.3 Å². The Labute approximate surface area is 200 Å². The summed E-state index contributed by atoms with van der Waals surface area (Å²) in [5.41, 5.74) is -0.328. The predicted molar refractivity (Wildman–Crippen MR) is 121 cm³/mol. The van der Waals surface area contributed by atoms with Crippen LogP contribution in [0.4, 0.5) is 19.0 Å². The smallest absolute Gasteiger partial charge is 0.364 e. The molecule has 5 heterocycles. The standard InChI is InChI=1S/C20H19ClF3N6OSSi/c1-18(11-33)31-10-19(32-18)3-6-29(7-4-19)14-9-26-17-12(28-14)8-27-30(17)13-2-5-25-16(15(13)21)20(22,23)24/h2,5,8-9H,3-4,6-7,10-11H2,1H3/t18-/m0/s1. The van der Waals surface area contributed by atoms with Gasteiger partial charge in [-0.1, -0.05) is 11.6 Å². The summed E-state index contributed by atoms with van der Waals surface area (Å²) in [5, 5.41) is 3.65. The van der Waals surface area contributed by atoms with Crippen molar-refractivity contribution in [1.29, 1.82) is 0 Å². The van der Waals surface area contributed by atoms with Crippen molar-refractivity contribution in [1.82, 2.24) is 24.7 Å². The molecule has 0 aliphatic carbocycles. The number of pyridine rings is 1. The fraction of sp³-hybridized carbons (Fsp3) is 0.500. The number of alkyl halides is 3. The minimum atomic E-state index is -4.67. The van der Waals surface area contributed by atoms with Gasteiger partial charge in [-0.3, -0.25) is 4.98 Å². The molecule has 2 aliphatic rings. The monoisotopic (exact) mass is 511 g/mol. The number of halogens is 4. The third-order valence-electron chi connectivity index (χ3n) is 6.02. The fourth-order valence-electron chi connectivity index (χ4n) is 4.21. The fourth-order valence-corrected chi connectivity index (χ4v) is 6.43. The van der Waals surface area contributed by atoms with Crippen LogP contribution >= 0.6 is 23.4 Å². The highest BCUT2D eigenvalue weighted by atomic mass is 35.5. The maximum atomic E-state index is 13.2. The minimum absolute atomic E-state index is 0.0453. The summed E-state index contributed by atoms with van der Waals surface area (Å²) < 4.78 is 47.0. The number of fused-ring (bicyclic) bond motifs is 1. The lowest BCUT2D eigenvalue weighted by atomic mass is 9.96. The number of hydrogen-bond acceptors (Lipinski definition) is 7. The molecular formula is C20H19ClF3N6OSSi. The zero-order valence-electron chi connectivity index (χ0n) is 17.6.